The van der Waals surface area contributed by atoms with Crippen LogP contribution in [0.5, 0.6) is 0 Å². The Balaban J connectivity index is 2.50. The molecule has 0 saturated carbocycles. The number of halogens is 2. The molecule has 2 aromatic rings. The summed E-state index contributed by atoms with van der Waals surface area (Å²) in [5, 5.41) is 3.04. The van der Waals surface area contributed by atoms with Gasteiger partial charge in [0.15, 0.2) is 0 Å². The van der Waals surface area contributed by atoms with Crippen LogP contribution < -0.4 is 5.32 Å². The van der Waals surface area contributed by atoms with Crippen molar-refractivity contribution in [3.8, 4) is 0 Å². The summed E-state index contributed by atoms with van der Waals surface area (Å²) in [6, 6.07) is 4.57. The first-order chi connectivity index (χ1) is 8.24. The molecule has 1 atom stereocenters. The van der Waals surface area contributed by atoms with Crippen LogP contribution in [0.2, 0.25) is 0 Å². The Bertz CT molecular complexity index is 484. The van der Waals surface area contributed by atoms with Crippen molar-refractivity contribution in [3.05, 3.63) is 58.3 Å². The molecule has 1 aromatic carbocycles. The second kappa shape index (κ2) is 5.33. The predicted molar refractivity (Wildman–Crippen MR) is 67.0 cm³/mol. The minimum Gasteiger partial charge on any atom is -0.308 e. The Morgan fingerprint density at radius 3 is 2.76 bits per heavy atom. The summed E-state index contributed by atoms with van der Waals surface area (Å²) in [7, 11) is 1.76. The molecule has 0 radical (unpaired) electrons. The molecule has 0 aliphatic heterocycles. The third-order valence-corrected chi connectivity index (χ3v) is 3.15. The van der Waals surface area contributed by atoms with E-state index >= 15 is 0 Å². The summed E-state index contributed by atoms with van der Waals surface area (Å²) in [5.41, 5.74) is 1.22. The number of hydrogen-bond donors (Lipinski definition) is 1. The van der Waals surface area contributed by atoms with Gasteiger partial charge in [-0.25, -0.2) is 4.39 Å². The molecule has 3 nitrogen and oxygen atoms in total. The molecule has 1 aromatic heterocycles. The minimum absolute atomic E-state index is 0.274. The molecule has 1 heterocycles. The van der Waals surface area contributed by atoms with Gasteiger partial charge in [-0.2, -0.15) is 0 Å². The Labute approximate surface area is 107 Å². The van der Waals surface area contributed by atoms with Gasteiger partial charge in [0.2, 0.25) is 0 Å². The van der Waals surface area contributed by atoms with Crippen molar-refractivity contribution in [2.75, 3.05) is 7.05 Å². The lowest BCUT2D eigenvalue weighted by Gasteiger charge is -2.17. The van der Waals surface area contributed by atoms with E-state index in [-0.39, 0.29) is 11.9 Å². The number of nitrogens with zero attached hydrogens (tertiary/aromatic N) is 2. The number of nitrogens with one attached hydrogen (secondary N) is 1. The zero-order valence-corrected chi connectivity index (χ0v) is 10.8. The van der Waals surface area contributed by atoms with E-state index in [0.29, 0.717) is 15.7 Å². The molecular weight excluding hydrogens is 285 g/mol. The fraction of sp³-hybridized carbons (Fsp3) is 0.167. The molecule has 5 heteroatoms. The average molecular weight is 296 g/mol. The van der Waals surface area contributed by atoms with Crippen molar-refractivity contribution in [2.45, 2.75) is 6.04 Å². The number of rotatable bonds is 3. The highest BCUT2D eigenvalue weighted by molar-refractivity contribution is 9.10. The maximum Gasteiger partial charge on any atom is 0.129 e. The average Bonchev–Trinajstić information content (AvgIpc) is 2.35. The monoisotopic (exact) mass is 295 g/mol. The predicted octanol–water partition coefficient (Wildman–Crippen LogP) is 2.69. The zero-order chi connectivity index (χ0) is 12.3. The molecule has 0 saturated heterocycles. The summed E-state index contributed by atoms with van der Waals surface area (Å²) in [6.45, 7) is 0. The minimum atomic E-state index is -0.320. The van der Waals surface area contributed by atoms with Crippen LogP contribution in [0.3, 0.4) is 0 Å². The van der Waals surface area contributed by atoms with Crippen LogP contribution in [0.15, 0.2) is 41.3 Å². The van der Waals surface area contributed by atoms with E-state index in [1.54, 1.807) is 37.8 Å². The molecule has 2 rings (SSSR count). The Kier molecular flexibility index (Phi) is 3.81. The molecule has 0 bridgehead atoms. The second-order valence-electron chi connectivity index (χ2n) is 3.49. The highest BCUT2D eigenvalue weighted by Gasteiger charge is 2.20. The third kappa shape index (κ3) is 2.50. The second-order valence-corrected chi connectivity index (χ2v) is 4.34. The molecular formula is C12H11BrFN3. The van der Waals surface area contributed by atoms with E-state index < -0.39 is 0 Å². The zero-order valence-electron chi connectivity index (χ0n) is 9.19. The first kappa shape index (κ1) is 12.1. The van der Waals surface area contributed by atoms with Gasteiger partial charge in [-0.3, -0.25) is 9.97 Å². The van der Waals surface area contributed by atoms with Crippen LogP contribution in [0.4, 0.5) is 4.39 Å². The van der Waals surface area contributed by atoms with Gasteiger partial charge in [-0.05, 0) is 19.2 Å². The van der Waals surface area contributed by atoms with Crippen LogP contribution in [0.1, 0.15) is 17.3 Å². The van der Waals surface area contributed by atoms with E-state index in [9.17, 15) is 4.39 Å². The molecule has 88 valence electrons. The highest BCUT2D eigenvalue weighted by atomic mass is 79.9. The van der Waals surface area contributed by atoms with Crippen molar-refractivity contribution < 1.29 is 4.39 Å². The molecule has 1 unspecified atom stereocenters. The van der Waals surface area contributed by atoms with Crippen molar-refractivity contribution in [1.29, 1.82) is 0 Å². The summed E-state index contributed by atoms with van der Waals surface area (Å²) < 4.78 is 14.6. The van der Waals surface area contributed by atoms with Crippen LogP contribution >= 0.6 is 15.9 Å². The molecule has 0 aliphatic carbocycles. The highest BCUT2D eigenvalue weighted by Crippen LogP contribution is 2.29. The number of hydrogen-bond acceptors (Lipinski definition) is 3. The SMILES string of the molecule is CNC(c1cnccn1)c1c(F)cccc1Br. The van der Waals surface area contributed by atoms with Gasteiger partial charge in [0.1, 0.15) is 5.82 Å². The number of benzene rings is 1. The Morgan fingerprint density at radius 2 is 2.18 bits per heavy atom. The topological polar surface area (TPSA) is 37.8 Å². The van der Waals surface area contributed by atoms with Gasteiger partial charge < -0.3 is 5.32 Å². The fourth-order valence-corrected chi connectivity index (χ4v) is 2.26. The Hall–Kier alpha value is -1.33. The fourth-order valence-electron chi connectivity index (χ4n) is 1.69. The van der Waals surface area contributed by atoms with Crippen LogP contribution in [-0.2, 0) is 0 Å². The van der Waals surface area contributed by atoms with Crippen molar-refractivity contribution in [3.63, 3.8) is 0 Å². The quantitative estimate of drug-likeness (QED) is 0.946. The molecule has 0 aliphatic rings. The van der Waals surface area contributed by atoms with E-state index in [2.05, 4.69) is 31.2 Å². The van der Waals surface area contributed by atoms with Crippen LogP contribution in [-0.4, -0.2) is 17.0 Å². The van der Waals surface area contributed by atoms with Crippen LogP contribution in [0, 0.1) is 5.82 Å². The van der Waals surface area contributed by atoms with Gasteiger partial charge in [0, 0.05) is 22.4 Å². The summed E-state index contributed by atoms with van der Waals surface area (Å²) in [5.74, 6) is -0.274. The van der Waals surface area contributed by atoms with Crippen LogP contribution in [0.25, 0.3) is 0 Å². The first-order valence-corrected chi connectivity index (χ1v) is 5.90. The van der Waals surface area contributed by atoms with Gasteiger partial charge in [0.05, 0.1) is 17.9 Å². The van der Waals surface area contributed by atoms with Crippen molar-refractivity contribution >= 4 is 15.9 Å². The summed E-state index contributed by atoms with van der Waals surface area (Å²) >= 11 is 3.36. The maximum absolute atomic E-state index is 13.9. The first-order valence-electron chi connectivity index (χ1n) is 5.11. The largest absolute Gasteiger partial charge is 0.308 e. The maximum atomic E-state index is 13.9. The third-order valence-electron chi connectivity index (χ3n) is 2.46. The lowest BCUT2D eigenvalue weighted by atomic mass is 10.0. The summed E-state index contributed by atoms with van der Waals surface area (Å²) in [4.78, 5) is 8.19. The lowest BCUT2D eigenvalue weighted by molar-refractivity contribution is 0.567. The van der Waals surface area contributed by atoms with Gasteiger partial charge in [-0.15, -0.1) is 0 Å². The van der Waals surface area contributed by atoms with Crippen molar-refractivity contribution in [2.24, 2.45) is 0 Å². The molecule has 17 heavy (non-hydrogen) atoms. The molecule has 0 fully saturated rings. The van der Waals surface area contributed by atoms with E-state index in [1.807, 2.05) is 0 Å². The van der Waals surface area contributed by atoms with Crippen molar-refractivity contribution in [1.82, 2.24) is 15.3 Å². The van der Waals surface area contributed by atoms with Gasteiger partial charge in [-0.1, -0.05) is 22.0 Å². The summed E-state index contributed by atoms with van der Waals surface area (Å²) in [6.07, 6.45) is 4.81. The lowest BCUT2D eigenvalue weighted by Crippen LogP contribution is -2.20. The standard InChI is InChI=1S/C12H11BrFN3/c1-15-12(10-7-16-5-6-17-10)11-8(13)3-2-4-9(11)14/h2-7,12,15H,1H3. The Morgan fingerprint density at radius 1 is 1.35 bits per heavy atom. The smallest absolute Gasteiger partial charge is 0.129 e. The number of aromatic nitrogens is 2. The normalized spacial score (nSPS) is 12.4. The van der Waals surface area contributed by atoms with E-state index in [1.165, 1.54) is 6.07 Å². The van der Waals surface area contributed by atoms with E-state index in [0.717, 1.165) is 0 Å². The molecule has 0 amide bonds. The van der Waals surface area contributed by atoms with Gasteiger partial charge in [0.25, 0.3) is 0 Å². The molecule has 1 N–H and O–H groups in total. The van der Waals surface area contributed by atoms with Gasteiger partial charge >= 0.3 is 0 Å². The van der Waals surface area contributed by atoms with E-state index in [4.69, 9.17) is 0 Å². The molecule has 0 spiro atoms.